The lowest BCUT2D eigenvalue weighted by Crippen LogP contribution is -2.04. The maximum absolute atomic E-state index is 5.50. The second kappa shape index (κ2) is 5.05. The molecule has 5 nitrogen and oxygen atoms in total. The molecule has 0 amide bonds. The van der Waals surface area contributed by atoms with E-state index in [0.717, 1.165) is 17.8 Å². The summed E-state index contributed by atoms with van der Waals surface area (Å²) < 4.78 is 5.22. The van der Waals surface area contributed by atoms with E-state index in [1.54, 1.807) is 0 Å². The molecule has 0 aliphatic carbocycles. The van der Waals surface area contributed by atoms with Crippen LogP contribution in [-0.2, 0) is 0 Å². The van der Waals surface area contributed by atoms with E-state index in [1.165, 1.54) is 0 Å². The van der Waals surface area contributed by atoms with E-state index in [1.807, 2.05) is 32.0 Å². The van der Waals surface area contributed by atoms with Crippen molar-refractivity contribution >= 4 is 0 Å². The zero-order chi connectivity index (χ0) is 12.3. The normalized spacial score (nSPS) is 12.6. The van der Waals surface area contributed by atoms with E-state index in [-0.39, 0.29) is 5.92 Å². The van der Waals surface area contributed by atoms with Gasteiger partial charge in [0, 0.05) is 11.6 Å². The van der Waals surface area contributed by atoms with E-state index in [9.17, 15) is 0 Å². The standard InChI is InChI=1S/C12H16N4O/c1-8(6-7-13)12-15-11(16-17-12)10-5-3-4-9(2)14-10/h3-5,8H,6-7,13H2,1-2H3. The number of aryl methyl sites for hydroxylation is 1. The molecule has 17 heavy (non-hydrogen) atoms. The first-order valence-electron chi connectivity index (χ1n) is 5.68. The van der Waals surface area contributed by atoms with Crippen LogP contribution >= 0.6 is 0 Å². The summed E-state index contributed by atoms with van der Waals surface area (Å²) in [6, 6.07) is 5.73. The van der Waals surface area contributed by atoms with Gasteiger partial charge in [0.25, 0.3) is 0 Å². The topological polar surface area (TPSA) is 77.8 Å². The van der Waals surface area contributed by atoms with E-state index in [0.29, 0.717) is 18.3 Å². The van der Waals surface area contributed by atoms with Crippen molar-refractivity contribution in [3.8, 4) is 11.5 Å². The average molecular weight is 232 g/mol. The highest BCUT2D eigenvalue weighted by molar-refractivity contribution is 5.48. The first-order chi connectivity index (χ1) is 8.20. The summed E-state index contributed by atoms with van der Waals surface area (Å²) in [5, 5.41) is 3.94. The van der Waals surface area contributed by atoms with Crippen LogP contribution in [0.3, 0.4) is 0 Å². The van der Waals surface area contributed by atoms with Crippen LogP contribution in [0, 0.1) is 6.92 Å². The fourth-order valence-corrected chi connectivity index (χ4v) is 1.58. The fraction of sp³-hybridized carbons (Fsp3) is 0.417. The minimum atomic E-state index is 0.186. The SMILES string of the molecule is Cc1cccc(-c2noc(C(C)CCN)n2)n1. The van der Waals surface area contributed by atoms with Gasteiger partial charge in [0.2, 0.25) is 11.7 Å². The summed E-state index contributed by atoms with van der Waals surface area (Å²) in [7, 11) is 0. The molecular weight excluding hydrogens is 216 g/mol. The highest BCUT2D eigenvalue weighted by Gasteiger charge is 2.15. The number of nitrogens with two attached hydrogens (primary N) is 1. The molecule has 0 spiro atoms. The largest absolute Gasteiger partial charge is 0.339 e. The van der Waals surface area contributed by atoms with Gasteiger partial charge in [0.05, 0.1) is 0 Å². The van der Waals surface area contributed by atoms with Crippen molar-refractivity contribution in [3.05, 3.63) is 29.8 Å². The second-order valence-electron chi connectivity index (χ2n) is 4.10. The summed E-state index contributed by atoms with van der Waals surface area (Å²) in [4.78, 5) is 8.70. The van der Waals surface area contributed by atoms with Crippen molar-refractivity contribution < 1.29 is 4.52 Å². The lowest BCUT2D eigenvalue weighted by atomic mass is 10.1. The molecular formula is C12H16N4O. The van der Waals surface area contributed by atoms with E-state index in [4.69, 9.17) is 10.3 Å². The van der Waals surface area contributed by atoms with Crippen molar-refractivity contribution in [1.82, 2.24) is 15.1 Å². The van der Waals surface area contributed by atoms with Gasteiger partial charge in [-0.1, -0.05) is 18.1 Å². The van der Waals surface area contributed by atoms with Crippen molar-refractivity contribution in [3.63, 3.8) is 0 Å². The van der Waals surface area contributed by atoms with Gasteiger partial charge >= 0.3 is 0 Å². The molecule has 0 aromatic carbocycles. The van der Waals surface area contributed by atoms with Crippen molar-refractivity contribution in [1.29, 1.82) is 0 Å². The smallest absolute Gasteiger partial charge is 0.229 e. The summed E-state index contributed by atoms with van der Waals surface area (Å²) in [5.41, 5.74) is 7.17. The van der Waals surface area contributed by atoms with Crippen molar-refractivity contribution in [2.45, 2.75) is 26.2 Å². The Morgan fingerprint density at radius 2 is 2.18 bits per heavy atom. The number of hydrogen-bond donors (Lipinski definition) is 1. The Labute approximate surface area is 100 Å². The van der Waals surface area contributed by atoms with Gasteiger partial charge in [-0.2, -0.15) is 4.98 Å². The van der Waals surface area contributed by atoms with Crippen LogP contribution in [0.1, 0.15) is 30.8 Å². The molecule has 0 bridgehead atoms. The van der Waals surface area contributed by atoms with Crippen molar-refractivity contribution in [2.24, 2.45) is 5.73 Å². The highest BCUT2D eigenvalue weighted by atomic mass is 16.5. The molecule has 0 fully saturated rings. The third-order valence-electron chi connectivity index (χ3n) is 2.58. The van der Waals surface area contributed by atoms with E-state index < -0.39 is 0 Å². The molecule has 5 heteroatoms. The maximum Gasteiger partial charge on any atom is 0.229 e. The zero-order valence-corrected chi connectivity index (χ0v) is 10.1. The lowest BCUT2D eigenvalue weighted by Gasteiger charge is -2.01. The fourth-order valence-electron chi connectivity index (χ4n) is 1.58. The number of rotatable bonds is 4. The third-order valence-corrected chi connectivity index (χ3v) is 2.58. The molecule has 2 rings (SSSR count). The summed E-state index contributed by atoms with van der Waals surface area (Å²) in [5.74, 6) is 1.34. The van der Waals surface area contributed by atoms with Gasteiger partial charge in [-0.3, -0.25) is 0 Å². The van der Waals surface area contributed by atoms with Gasteiger partial charge in [-0.15, -0.1) is 0 Å². The molecule has 2 aromatic rings. The molecule has 0 aliphatic heterocycles. The van der Waals surface area contributed by atoms with Crippen LogP contribution in [-0.4, -0.2) is 21.7 Å². The lowest BCUT2D eigenvalue weighted by molar-refractivity contribution is 0.355. The van der Waals surface area contributed by atoms with Gasteiger partial charge in [-0.05, 0) is 32.0 Å². The molecule has 90 valence electrons. The molecule has 2 N–H and O–H groups in total. The number of hydrogen-bond acceptors (Lipinski definition) is 5. The van der Waals surface area contributed by atoms with Gasteiger partial charge < -0.3 is 10.3 Å². The molecule has 2 heterocycles. The monoisotopic (exact) mass is 232 g/mol. The number of nitrogens with zero attached hydrogens (tertiary/aromatic N) is 3. The van der Waals surface area contributed by atoms with Gasteiger partial charge in [-0.25, -0.2) is 4.98 Å². The Morgan fingerprint density at radius 1 is 1.35 bits per heavy atom. The third kappa shape index (κ3) is 2.68. The van der Waals surface area contributed by atoms with Gasteiger partial charge in [0.1, 0.15) is 5.69 Å². The molecule has 1 unspecified atom stereocenters. The quantitative estimate of drug-likeness (QED) is 0.870. The predicted molar refractivity (Wildman–Crippen MR) is 64.4 cm³/mol. The Hall–Kier alpha value is -1.75. The first kappa shape index (κ1) is 11.7. The molecule has 0 aliphatic rings. The zero-order valence-electron chi connectivity index (χ0n) is 10.1. The maximum atomic E-state index is 5.50. The molecule has 0 saturated heterocycles. The van der Waals surface area contributed by atoms with Crippen LogP contribution in [0.2, 0.25) is 0 Å². The van der Waals surface area contributed by atoms with Crippen LogP contribution in [0.4, 0.5) is 0 Å². The Morgan fingerprint density at radius 3 is 2.88 bits per heavy atom. The van der Waals surface area contributed by atoms with Crippen LogP contribution < -0.4 is 5.73 Å². The minimum absolute atomic E-state index is 0.186. The van der Waals surface area contributed by atoms with E-state index >= 15 is 0 Å². The van der Waals surface area contributed by atoms with Gasteiger partial charge in [0.15, 0.2) is 0 Å². The number of aromatic nitrogens is 3. The Kier molecular flexibility index (Phi) is 3.49. The van der Waals surface area contributed by atoms with Crippen LogP contribution in [0.25, 0.3) is 11.5 Å². The molecule has 2 aromatic heterocycles. The van der Waals surface area contributed by atoms with Crippen LogP contribution in [0.15, 0.2) is 22.7 Å². The number of pyridine rings is 1. The Bertz CT molecular complexity index is 495. The van der Waals surface area contributed by atoms with E-state index in [2.05, 4.69) is 15.1 Å². The first-order valence-corrected chi connectivity index (χ1v) is 5.68. The molecule has 0 radical (unpaired) electrons. The minimum Gasteiger partial charge on any atom is -0.339 e. The Balaban J connectivity index is 2.23. The molecule has 1 atom stereocenters. The summed E-state index contributed by atoms with van der Waals surface area (Å²) in [6.07, 6.45) is 0.836. The summed E-state index contributed by atoms with van der Waals surface area (Å²) >= 11 is 0. The van der Waals surface area contributed by atoms with Crippen LogP contribution in [0.5, 0.6) is 0 Å². The predicted octanol–water partition coefficient (Wildman–Crippen LogP) is 1.89. The highest BCUT2D eigenvalue weighted by Crippen LogP contribution is 2.20. The van der Waals surface area contributed by atoms with Crippen molar-refractivity contribution in [2.75, 3.05) is 6.54 Å². The second-order valence-corrected chi connectivity index (χ2v) is 4.10. The molecule has 0 saturated carbocycles. The average Bonchev–Trinajstić information content (AvgIpc) is 2.78. The summed E-state index contributed by atoms with van der Waals surface area (Å²) in [6.45, 7) is 4.57.